The minimum atomic E-state index is -3.52. The maximum atomic E-state index is 12.7. The summed E-state index contributed by atoms with van der Waals surface area (Å²) in [5, 5.41) is 4.15. The number of benzene rings is 3. The summed E-state index contributed by atoms with van der Waals surface area (Å²) < 4.78 is 26.4. The van der Waals surface area contributed by atoms with Crippen molar-refractivity contribution in [3.05, 3.63) is 82.7 Å². The number of hydrogen-bond acceptors (Lipinski definition) is 5. The maximum absolute atomic E-state index is 12.7. The highest BCUT2D eigenvalue weighted by atomic mass is 127. The Kier molecular flexibility index (Phi) is 4.79. The molecule has 0 aliphatic carbocycles. The maximum Gasteiger partial charge on any atom is 0.206 e. The number of halogens is 1. The van der Waals surface area contributed by atoms with Gasteiger partial charge in [-0.1, -0.05) is 18.2 Å². The van der Waals surface area contributed by atoms with Gasteiger partial charge in [0, 0.05) is 14.6 Å². The molecule has 1 aromatic heterocycles. The average molecular weight is 487 g/mol. The lowest BCUT2D eigenvalue weighted by molar-refractivity contribution is 0.596. The van der Waals surface area contributed by atoms with Gasteiger partial charge in [0.1, 0.15) is 12.1 Å². The van der Waals surface area contributed by atoms with Crippen LogP contribution in [0.4, 0.5) is 11.5 Å². The average Bonchev–Trinajstić information content (AvgIpc) is 2.69. The van der Waals surface area contributed by atoms with Crippen molar-refractivity contribution >= 4 is 54.8 Å². The van der Waals surface area contributed by atoms with E-state index in [2.05, 4.69) is 37.9 Å². The first-order chi connectivity index (χ1) is 13.0. The van der Waals surface area contributed by atoms with Crippen molar-refractivity contribution in [3.63, 3.8) is 0 Å². The number of anilines is 2. The Labute approximate surface area is 170 Å². The molecule has 0 bridgehead atoms. The molecule has 0 atom stereocenters. The van der Waals surface area contributed by atoms with E-state index in [-0.39, 0.29) is 9.79 Å². The largest absolute Gasteiger partial charge is 0.340 e. The standard InChI is InChI=1S/C20H14IN3O2S/c21-14-6-11-19-18(12-14)20(23-13-22-19)24-15-7-9-17(10-8-15)27(25,26)16-4-2-1-3-5-16/h1-13H,(H,22,23,24). The highest BCUT2D eigenvalue weighted by molar-refractivity contribution is 14.1. The molecule has 0 aliphatic rings. The fourth-order valence-electron chi connectivity index (χ4n) is 2.72. The van der Waals surface area contributed by atoms with Crippen LogP contribution in [0.25, 0.3) is 10.9 Å². The lowest BCUT2D eigenvalue weighted by Gasteiger charge is -2.10. The van der Waals surface area contributed by atoms with Crippen molar-refractivity contribution in [2.75, 3.05) is 5.32 Å². The predicted molar refractivity (Wildman–Crippen MR) is 114 cm³/mol. The van der Waals surface area contributed by atoms with Gasteiger partial charge >= 0.3 is 0 Å². The molecule has 134 valence electrons. The molecule has 0 spiro atoms. The number of hydrogen-bond donors (Lipinski definition) is 1. The second kappa shape index (κ2) is 7.24. The van der Waals surface area contributed by atoms with Gasteiger partial charge in [0.05, 0.1) is 15.3 Å². The molecule has 3 aromatic carbocycles. The first-order valence-corrected chi connectivity index (χ1v) is 10.7. The van der Waals surface area contributed by atoms with Crippen molar-refractivity contribution in [1.82, 2.24) is 9.97 Å². The third-order valence-electron chi connectivity index (χ3n) is 4.08. The quantitative estimate of drug-likeness (QED) is 0.419. The summed E-state index contributed by atoms with van der Waals surface area (Å²) in [5.41, 5.74) is 1.59. The summed E-state index contributed by atoms with van der Waals surface area (Å²) in [7, 11) is -3.52. The van der Waals surface area contributed by atoms with Crippen molar-refractivity contribution in [2.45, 2.75) is 9.79 Å². The Morgan fingerprint density at radius 1 is 0.815 bits per heavy atom. The van der Waals surface area contributed by atoms with Crippen LogP contribution in [0.15, 0.2) is 88.9 Å². The van der Waals surface area contributed by atoms with Crippen LogP contribution in [0.2, 0.25) is 0 Å². The van der Waals surface area contributed by atoms with Crippen LogP contribution in [-0.2, 0) is 9.84 Å². The van der Waals surface area contributed by atoms with Crippen molar-refractivity contribution in [1.29, 1.82) is 0 Å². The van der Waals surface area contributed by atoms with Crippen LogP contribution in [0, 0.1) is 3.57 Å². The van der Waals surface area contributed by atoms with Gasteiger partial charge in [-0.25, -0.2) is 18.4 Å². The highest BCUT2D eigenvalue weighted by Gasteiger charge is 2.17. The van der Waals surface area contributed by atoms with Gasteiger partial charge in [0.2, 0.25) is 9.84 Å². The first kappa shape index (κ1) is 17.9. The number of sulfone groups is 1. The molecule has 0 radical (unpaired) electrons. The molecule has 27 heavy (non-hydrogen) atoms. The molecule has 7 heteroatoms. The summed E-state index contributed by atoms with van der Waals surface area (Å²) in [4.78, 5) is 9.12. The van der Waals surface area contributed by atoms with Crippen LogP contribution in [0.3, 0.4) is 0 Å². The smallest absolute Gasteiger partial charge is 0.206 e. The number of aromatic nitrogens is 2. The zero-order valence-corrected chi connectivity index (χ0v) is 17.0. The zero-order valence-electron chi connectivity index (χ0n) is 14.0. The van der Waals surface area contributed by atoms with Crippen molar-refractivity contribution in [3.8, 4) is 0 Å². The van der Waals surface area contributed by atoms with Crippen LogP contribution in [-0.4, -0.2) is 18.4 Å². The number of rotatable bonds is 4. The summed E-state index contributed by atoms with van der Waals surface area (Å²) in [6.07, 6.45) is 1.51. The normalized spacial score (nSPS) is 11.4. The van der Waals surface area contributed by atoms with Gasteiger partial charge in [-0.3, -0.25) is 0 Å². The van der Waals surface area contributed by atoms with Gasteiger partial charge in [-0.2, -0.15) is 0 Å². The monoisotopic (exact) mass is 487 g/mol. The number of nitrogens with zero attached hydrogens (tertiary/aromatic N) is 2. The van der Waals surface area contributed by atoms with Gasteiger partial charge in [0.25, 0.3) is 0 Å². The van der Waals surface area contributed by atoms with Crippen molar-refractivity contribution in [2.24, 2.45) is 0 Å². The molecule has 1 N–H and O–H groups in total. The van der Waals surface area contributed by atoms with Gasteiger partial charge in [0.15, 0.2) is 0 Å². The fourth-order valence-corrected chi connectivity index (χ4v) is 4.49. The van der Waals surface area contributed by atoms with Crippen LogP contribution >= 0.6 is 22.6 Å². The Hall–Kier alpha value is -2.52. The Bertz CT molecular complexity index is 1210. The molecule has 5 nitrogen and oxygen atoms in total. The lowest BCUT2D eigenvalue weighted by atomic mass is 10.2. The third kappa shape index (κ3) is 3.65. The molecule has 0 saturated heterocycles. The summed E-state index contributed by atoms with van der Waals surface area (Å²) >= 11 is 2.24. The minimum Gasteiger partial charge on any atom is -0.340 e. The molecule has 0 unspecified atom stereocenters. The minimum absolute atomic E-state index is 0.251. The first-order valence-electron chi connectivity index (χ1n) is 8.11. The molecular formula is C20H14IN3O2S. The fraction of sp³-hybridized carbons (Fsp3) is 0. The molecule has 1 heterocycles. The zero-order chi connectivity index (χ0) is 18.9. The molecule has 0 saturated carbocycles. The third-order valence-corrected chi connectivity index (χ3v) is 6.53. The summed E-state index contributed by atoms with van der Waals surface area (Å²) in [6.45, 7) is 0. The van der Waals surface area contributed by atoms with E-state index in [0.29, 0.717) is 5.82 Å². The second-order valence-electron chi connectivity index (χ2n) is 5.85. The van der Waals surface area contributed by atoms with E-state index in [1.807, 2.05) is 18.2 Å². The van der Waals surface area contributed by atoms with E-state index >= 15 is 0 Å². The predicted octanol–water partition coefficient (Wildman–Crippen LogP) is 4.81. The van der Waals surface area contributed by atoms with E-state index in [4.69, 9.17) is 0 Å². The van der Waals surface area contributed by atoms with E-state index < -0.39 is 9.84 Å². The van der Waals surface area contributed by atoms with Crippen LogP contribution < -0.4 is 5.32 Å². The van der Waals surface area contributed by atoms with Gasteiger partial charge in [-0.15, -0.1) is 0 Å². The molecule has 4 rings (SSSR count). The van der Waals surface area contributed by atoms with Gasteiger partial charge in [-0.05, 0) is 77.2 Å². The topological polar surface area (TPSA) is 72.0 Å². The molecular weight excluding hydrogens is 473 g/mol. The molecule has 4 aromatic rings. The van der Waals surface area contributed by atoms with E-state index in [0.717, 1.165) is 20.2 Å². The van der Waals surface area contributed by atoms with E-state index in [9.17, 15) is 8.42 Å². The van der Waals surface area contributed by atoms with Crippen LogP contribution in [0.1, 0.15) is 0 Å². The lowest BCUT2D eigenvalue weighted by Crippen LogP contribution is -2.02. The van der Waals surface area contributed by atoms with Crippen LogP contribution in [0.5, 0.6) is 0 Å². The molecule has 0 amide bonds. The summed E-state index contributed by atoms with van der Waals surface area (Å²) in [6, 6.07) is 21.0. The Morgan fingerprint density at radius 3 is 2.26 bits per heavy atom. The number of fused-ring (bicyclic) bond motifs is 1. The van der Waals surface area contributed by atoms with E-state index in [1.165, 1.54) is 6.33 Å². The SMILES string of the molecule is O=S(=O)(c1ccccc1)c1ccc(Nc2ncnc3ccc(I)cc23)cc1. The van der Waals surface area contributed by atoms with E-state index in [1.54, 1.807) is 54.6 Å². The van der Waals surface area contributed by atoms with Gasteiger partial charge < -0.3 is 5.32 Å². The summed E-state index contributed by atoms with van der Waals surface area (Å²) in [5.74, 6) is 0.678. The highest BCUT2D eigenvalue weighted by Crippen LogP contribution is 2.26. The second-order valence-corrected chi connectivity index (χ2v) is 9.04. The Balaban J connectivity index is 1.65. The molecule has 0 aliphatic heterocycles. The Morgan fingerprint density at radius 2 is 1.52 bits per heavy atom. The number of nitrogens with one attached hydrogen (secondary N) is 1. The van der Waals surface area contributed by atoms with Crippen molar-refractivity contribution < 1.29 is 8.42 Å². The molecule has 0 fully saturated rings.